The number of phenols is 1. The maximum Gasteiger partial charge on any atom is 0.263 e. The number of nitrogens with one attached hydrogen (secondary N) is 1. The zero-order valence-corrected chi connectivity index (χ0v) is 21.8. The van der Waals surface area contributed by atoms with Crippen LogP contribution in [0.15, 0.2) is 73.1 Å². The molecule has 2 unspecified atom stereocenters. The lowest BCUT2D eigenvalue weighted by Gasteiger charge is -2.34. The van der Waals surface area contributed by atoms with E-state index in [4.69, 9.17) is 0 Å². The first-order valence-electron chi connectivity index (χ1n) is 13.1. The number of nitrogens with zero attached hydrogens (tertiary/aromatic N) is 2. The predicted molar refractivity (Wildman–Crippen MR) is 141 cm³/mol. The van der Waals surface area contributed by atoms with E-state index in [2.05, 4.69) is 10.3 Å². The summed E-state index contributed by atoms with van der Waals surface area (Å²) in [5.41, 5.74) is 1.36. The number of amides is 2. The second kappa shape index (κ2) is 12.9. The highest BCUT2D eigenvalue weighted by atomic mass is 19.3. The number of aryl methyl sites for hydroxylation is 1. The minimum Gasteiger partial charge on any atom is -0.508 e. The van der Waals surface area contributed by atoms with Crippen LogP contribution in [0, 0.1) is 5.92 Å². The minimum absolute atomic E-state index is 0.0451. The zero-order valence-electron chi connectivity index (χ0n) is 21.8. The van der Waals surface area contributed by atoms with Gasteiger partial charge in [0.15, 0.2) is 0 Å². The van der Waals surface area contributed by atoms with Crippen molar-refractivity contribution in [1.29, 1.82) is 0 Å². The van der Waals surface area contributed by atoms with Gasteiger partial charge in [-0.2, -0.15) is 0 Å². The summed E-state index contributed by atoms with van der Waals surface area (Å²) in [6.07, 6.45) is -0.00109. The normalized spacial score (nSPS) is 17.0. The topological polar surface area (TPSA) is 82.5 Å². The van der Waals surface area contributed by atoms with Gasteiger partial charge in [0.2, 0.25) is 17.7 Å². The lowest BCUT2D eigenvalue weighted by Crippen LogP contribution is -2.45. The maximum atomic E-state index is 14.1. The summed E-state index contributed by atoms with van der Waals surface area (Å²) in [6.45, 7) is -0.0142. The number of aromatic hydroxyl groups is 1. The van der Waals surface area contributed by atoms with Crippen molar-refractivity contribution in [1.82, 2.24) is 15.2 Å². The summed E-state index contributed by atoms with van der Waals surface area (Å²) in [4.78, 5) is 32.6. The van der Waals surface area contributed by atoms with Crippen LogP contribution in [0.25, 0.3) is 0 Å². The Labute approximate surface area is 230 Å². The van der Waals surface area contributed by atoms with Crippen molar-refractivity contribution in [2.45, 2.75) is 57.0 Å². The third-order valence-corrected chi connectivity index (χ3v) is 7.10. The number of aromatic nitrogens is 1. The molecule has 0 spiro atoms. The number of alkyl halides is 4. The van der Waals surface area contributed by atoms with Crippen LogP contribution >= 0.6 is 0 Å². The van der Waals surface area contributed by atoms with Gasteiger partial charge in [0, 0.05) is 50.3 Å². The van der Waals surface area contributed by atoms with Crippen molar-refractivity contribution in [3.63, 3.8) is 0 Å². The van der Waals surface area contributed by atoms with Crippen molar-refractivity contribution in [3.05, 3.63) is 95.3 Å². The van der Waals surface area contributed by atoms with Crippen LogP contribution < -0.4 is 5.32 Å². The Morgan fingerprint density at radius 1 is 1.02 bits per heavy atom. The van der Waals surface area contributed by atoms with E-state index >= 15 is 0 Å². The van der Waals surface area contributed by atoms with Crippen LogP contribution in [-0.4, -0.2) is 39.3 Å². The van der Waals surface area contributed by atoms with E-state index in [0.29, 0.717) is 0 Å². The van der Waals surface area contributed by atoms with Gasteiger partial charge >= 0.3 is 0 Å². The Balaban J connectivity index is 1.65. The van der Waals surface area contributed by atoms with Crippen LogP contribution in [0.5, 0.6) is 5.75 Å². The molecule has 3 aromatic rings. The third kappa shape index (κ3) is 7.80. The summed E-state index contributed by atoms with van der Waals surface area (Å²) < 4.78 is 55.4. The molecule has 0 radical (unpaired) electrons. The van der Waals surface area contributed by atoms with Crippen molar-refractivity contribution >= 4 is 11.8 Å². The van der Waals surface area contributed by atoms with E-state index < -0.39 is 42.5 Å². The van der Waals surface area contributed by atoms with Crippen molar-refractivity contribution in [2.75, 3.05) is 6.54 Å². The van der Waals surface area contributed by atoms with Crippen molar-refractivity contribution < 1.29 is 32.3 Å². The molecule has 10 heteroatoms. The maximum absolute atomic E-state index is 14.1. The number of hydrogen-bond acceptors (Lipinski definition) is 4. The van der Waals surface area contributed by atoms with Gasteiger partial charge in [-0.1, -0.05) is 30.3 Å². The fourth-order valence-electron chi connectivity index (χ4n) is 5.01. The molecular weight excluding hydrogens is 526 g/mol. The van der Waals surface area contributed by atoms with Gasteiger partial charge in [-0.3, -0.25) is 14.6 Å². The van der Waals surface area contributed by atoms with E-state index in [1.165, 1.54) is 41.3 Å². The van der Waals surface area contributed by atoms with E-state index in [1.54, 1.807) is 36.7 Å². The average Bonchev–Trinajstić information content (AvgIpc) is 3.29. The van der Waals surface area contributed by atoms with Crippen molar-refractivity contribution in [3.8, 4) is 5.75 Å². The second-order valence-electron chi connectivity index (χ2n) is 10.1. The molecule has 4 rings (SSSR count). The summed E-state index contributed by atoms with van der Waals surface area (Å²) in [5, 5.41) is 12.3. The molecule has 2 N–H and O–H groups in total. The second-order valence-corrected chi connectivity index (χ2v) is 10.1. The van der Waals surface area contributed by atoms with Gasteiger partial charge in [0.05, 0.1) is 0 Å². The van der Waals surface area contributed by atoms with E-state index in [0.717, 1.165) is 11.1 Å². The van der Waals surface area contributed by atoms with Crippen LogP contribution in [-0.2, 0) is 22.6 Å². The monoisotopic (exact) mass is 557 g/mol. The molecule has 1 aliphatic rings. The lowest BCUT2D eigenvalue weighted by atomic mass is 9.98. The first-order valence-corrected chi connectivity index (χ1v) is 13.1. The molecule has 1 fully saturated rings. The fourth-order valence-corrected chi connectivity index (χ4v) is 5.01. The SMILES string of the molecule is O=C(NCc1ccncc1)C(c1cccc(C(F)F)c1)N(CC1CCC(F)(F)C1)C(=O)CCc1ccc(O)cc1. The van der Waals surface area contributed by atoms with Gasteiger partial charge in [-0.25, -0.2) is 17.6 Å². The fraction of sp³-hybridized carbons (Fsp3) is 0.367. The largest absolute Gasteiger partial charge is 0.508 e. The molecule has 1 saturated carbocycles. The molecule has 0 saturated heterocycles. The highest BCUT2D eigenvalue weighted by Crippen LogP contribution is 2.40. The molecule has 2 amide bonds. The minimum atomic E-state index is -2.86. The molecule has 0 aliphatic heterocycles. The smallest absolute Gasteiger partial charge is 0.263 e. The van der Waals surface area contributed by atoms with Crippen molar-refractivity contribution in [2.24, 2.45) is 5.92 Å². The highest BCUT2D eigenvalue weighted by Gasteiger charge is 2.42. The zero-order chi connectivity index (χ0) is 28.7. The number of phenolic OH excluding ortho intramolecular Hbond substituents is 1. The Kier molecular flexibility index (Phi) is 9.39. The van der Waals surface area contributed by atoms with Gasteiger partial charge in [-0.05, 0) is 65.8 Å². The molecule has 1 heterocycles. The third-order valence-electron chi connectivity index (χ3n) is 7.10. The Morgan fingerprint density at radius 3 is 2.38 bits per heavy atom. The molecule has 40 heavy (non-hydrogen) atoms. The molecule has 212 valence electrons. The number of halogens is 4. The molecule has 1 aliphatic carbocycles. The van der Waals surface area contributed by atoms with Crippen LogP contribution in [0.1, 0.15) is 60.4 Å². The van der Waals surface area contributed by atoms with Crippen LogP contribution in [0.4, 0.5) is 17.6 Å². The van der Waals surface area contributed by atoms with Crippen LogP contribution in [0.2, 0.25) is 0 Å². The number of hydrogen-bond donors (Lipinski definition) is 2. The molecule has 6 nitrogen and oxygen atoms in total. The first kappa shape index (κ1) is 29.0. The molecule has 2 aromatic carbocycles. The Hall–Kier alpha value is -3.95. The van der Waals surface area contributed by atoms with E-state index in [1.807, 2.05) is 0 Å². The molecule has 1 aromatic heterocycles. The quantitative estimate of drug-likeness (QED) is 0.284. The predicted octanol–water partition coefficient (Wildman–Crippen LogP) is 5.98. The first-order chi connectivity index (χ1) is 19.1. The summed E-state index contributed by atoms with van der Waals surface area (Å²) in [6, 6.07) is 13.7. The number of benzene rings is 2. The number of carbonyl (C=O) groups excluding carboxylic acids is 2. The van der Waals surface area contributed by atoms with Gasteiger partial charge in [0.25, 0.3) is 6.43 Å². The van der Waals surface area contributed by atoms with E-state index in [-0.39, 0.29) is 55.6 Å². The van der Waals surface area contributed by atoms with E-state index in [9.17, 15) is 32.3 Å². The Bertz CT molecular complexity index is 1290. The summed E-state index contributed by atoms with van der Waals surface area (Å²) in [5.74, 6) is -4.41. The van der Waals surface area contributed by atoms with Gasteiger partial charge < -0.3 is 15.3 Å². The number of pyridine rings is 1. The van der Waals surface area contributed by atoms with Gasteiger partial charge in [0.1, 0.15) is 11.8 Å². The van der Waals surface area contributed by atoms with Gasteiger partial charge in [-0.15, -0.1) is 0 Å². The highest BCUT2D eigenvalue weighted by molar-refractivity contribution is 5.89. The Morgan fingerprint density at radius 2 is 1.73 bits per heavy atom. The number of rotatable bonds is 11. The average molecular weight is 558 g/mol. The summed E-state index contributed by atoms with van der Waals surface area (Å²) in [7, 11) is 0. The molecule has 0 bridgehead atoms. The van der Waals surface area contributed by atoms with Crippen LogP contribution in [0.3, 0.4) is 0 Å². The lowest BCUT2D eigenvalue weighted by molar-refractivity contribution is -0.141. The summed E-state index contributed by atoms with van der Waals surface area (Å²) >= 11 is 0. The standard InChI is InChI=1S/C30H31F4N3O3/c31-28(32)24-3-1-2-23(16-24)27(29(40)36-18-21-11-14-35-15-12-21)37(19-22-10-13-30(33,34)17-22)26(39)9-6-20-4-7-25(38)8-5-20/h1-5,7-8,11-12,14-16,22,27-28,38H,6,9-10,13,17-19H2,(H,36,40). The molecule has 2 atom stereocenters. The number of carbonyl (C=O) groups is 2. The molecular formula is C30H31F4N3O3.